The Morgan fingerprint density at radius 2 is 1.94 bits per heavy atom. The molecular weight excluding hydrogens is 218 g/mol. The van der Waals surface area contributed by atoms with Gasteiger partial charge in [-0.2, -0.15) is 0 Å². The summed E-state index contributed by atoms with van der Waals surface area (Å²) in [6, 6.07) is 0.423. The van der Waals surface area contributed by atoms with Crippen LogP contribution < -0.4 is 5.32 Å². The molecule has 0 aromatic heterocycles. The standard InChI is InChI=1S/C13H27NOS/c1-4-13(14-5-2)11(3)16(15)10-12-8-6-7-9-12/h11-14H,4-10H2,1-3H3. The highest BCUT2D eigenvalue weighted by Gasteiger charge is 2.24. The average molecular weight is 245 g/mol. The van der Waals surface area contributed by atoms with Crippen molar-refractivity contribution in [2.45, 2.75) is 64.2 Å². The Morgan fingerprint density at radius 1 is 1.31 bits per heavy atom. The minimum Gasteiger partial charge on any atom is -0.313 e. The summed E-state index contributed by atoms with van der Waals surface area (Å²) < 4.78 is 12.2. The summed E-state index contributed by atoms with van der Waals surface area (Å²) in [4.78, 5) is 0. The zero-order valence-electron chi connectivity index (χ0n) is 11.0. The van der Waals surface area contributed by atoms with Crippen molar-refractivity contribution in [1.29, 1.82) is 0 Å². The molecular formula is C13H27NOS. The lowest BCUT2D eigenvalue weighted by Crippen LogP contribution is -2.41. The molecule has 1 aliphatic carbocycles. The first kappa shape index (κ1) is 14.2. The summed E-state index contributed by atoms with van der Waals surface area (Å²) in [7, 11) is -0.649. The maximum Gasteiger partial charge on any atom is 0.0473 e. The molecule has 0 saturated heterocycles. The molecule has 1 saturated carbocycles. The Balaban J connectivity index is 2.38. The molecule has 0 amide bonds. The van der Waals surface area contributed by atoms with Gasteiger partial charge in [0.15, 0.2) is 0 Å². The summed E-state index contributed by atoms with van der Waals surface area (Å²) in [6.07, 6.45) is 6.37. The van der Waals surface area contributed by atoms with E-state index in [1.54, 1.807) is 0 Å². The molecule has 0 aromatic rings. The fourth-order valence-electron chi connectivity index (χ4n) is 2.65. The first-order chi connectivity index (χ1) is 7.69. The molecule has 1 aliphatic rings. The van der Waals surface area contributed by atoms with E-state index in [2.05, 4.69) is 26.1 Å². The normalized spacial score (nSPS) is 23.2. The van der Waals surface area contributed by atoms with Gasteiger partial charge >= 0.3 is 0 Å². The van der Waals surface area contributed by atoms with Crippen LogP contribution in [0.1, 0.15) is 52.9 Å². The zero-order chi connectivity index (χ0) is 12.0. The summed E-state index contributed by atoms with van der Waals surface area (Å²) in [6.45, 7) is 7.41. The van der Waals surface area contributed by atoms with Crippen molar-refractivity contribution in [2.24, 2.45) is 5.92 Å². The fraction of sp³-hybridized carbons (Fsp3) is 1.00. The van der Waals surface area contributed by atoms with E-state index >= 15 is 0 Å². The first-order valence-corrected chi connectivity index (χ1v) is 8.17. The molecule has 3 unspecified atom stereocenters. The number of hydrogen-bond acceptors (Lipinski definition) is 2. The Kier molecular flexibility index (Phi) is 6.59. The highest BCUT2D eigenvalue weighted by Crippen LogP contribution is 2.26. The van der Waals surface area contributed by atoms with Crippen LogP contribution in [0.3, 0.4) is 0 Å². The minimum absolute atomic E-state index is 0.297. The van der Waals surface area contributed by atoms with Crippen LogP contribution in [0.25, 0.3) is 0 Å². The van der Waals surface area contributed by atoms with Gasteiger partial charge in [-0.15, -0.1) is 0 Å². The quantitative estimate of drug-likeness (QED) is 0.747. The molecule has 1 fully saturated rings. The smallest absolute Gasteiger partial charge is 0.0473 e. The van der Waals surface area contributed by atoms with Crippen molar-refractivity contribution in [3.8, 4) is 0 Å². The van der Waals surface area contributed by atoms with Crippen molar-refractivity contribution in [3.05, 3.63) is 0 Å². The predicted molar refractivity (Wildman–Crippen MR) is 72.2 cm³/mol. The predicted octanol–water partition coefficient (Wildman–Crippen LogP) is 2.70. The van der Waals surface area contributed by atoms with Gasteiger partial charge in [0.1, 0.15) is 0 Å². The molecule has 1 rings (SSSR count). The highest BCUT2D eigenvalue weighted by atomic mass is 32.2. The van der Waals surface area contributed by atoms with Crippen molar-refractivity contribution in [1.82, 2.24) is 5.32 Å². The SMILES string of the molecule is CCNC(CC)C(C)S(=O)CC1CCCC1. The van der Waals surface area contributed by atoms with E-state index in [-0.39, 0.29) is 0 Å². The van der Waals surface area contributed by atoms with Crippen molar-refractivity contribution < 1.29 is 4.21 Å². The highest BCUT2D eigenvalue weighted by molar-refractivity contribution is 7.85. The minimum atomic E-state index is -0.649. The molecule has 1 N–H and O–H groups in total. The molecule has 0 aromatic carbocycles. The van der Waals surface area contributed by atoms with Gasteiger partial charge in [0, 0.05) is 27.8 Å². The molecule has 0 aliphatic heterocycles. The topological polar surface area (TPSA) is 29.1 Å². The second kappa shape index (κ2) is 7.44. The Morgan fingerprint density at radius 3 is 2.44 bits per heavy atom. The summed E-state index contributed by atoms with van der Waals surface area (Å²) in [5, 5.41) is 3.74. The van der Waals surface area contributed by atoms with E-state index in [4.69, 9.17) is 0 Å². The molecule has 0 bridgehead atoms. The van der Waals surface area contributed by atoms with Gasteiger partial charge in [-0.3, -0.25) is 4.21 Å². The number of hydrogen-bond donors (Lipinski definition) is 1. The molecule has 0 heterocycles. The van der Waals surface area contributed by atoms with Gasteiger partial charge in [0.2, 0.25) is 0 Å². The lowest BCUT2D eigenvalue weighted by molar-refractivity contribution is 0.496. The van der Waals surface area contributed by atoms with Gasteiger partial charge in [-0.25, -0.2) is 0 Å². The van der Waals surface area contributed by atoms with Crippen molar-refractivity contribution in [2.75, 3.05) is 12.3 Å². The second-order valence-corrected chi connectivity index (χ2v) is 6.81. The van der Waals surface area contributed by atoms with Crippen LogP contribution in [0.2, 0.25) is 0 Å². The van der Waals surface area contributed by atoms with Gasteiger partial charge in [-0.1, -0.05) is 26.7 Å². The molecule has 3 atom stereocenters. The van der Waals surface area contributed by atoms with Gasteiger partial charge in [-0.05, 0) is 38.6 Å². The Bertz CT molecular complexity index is 214. The third kappa shape index (κ3) is 4.17. The van der Waals surface area contributed by atoms with Crippen molar-refractivity contribution in [3.63, 3.8) is 0 Å². The number of rotatable bonds is 7. The zero-order valence-corrected chi connectivity index (χ0v) is 11.8. The van der Waals surface area contributed by atoms with Gasteiger partial charge in [0.25, 0.3) is 0 Å². The van der Waals surface area contributed by atoms with Crippen LogP contribution in [0.15, 0.2) is 0 Å². The summed E-state index contributed by atoms with van der Waals surface area (Å²) in [5.74, 6) is 1.67. The lowest BCUT2D eigenvalue weighted by Gasteiger charge is -2.24. The summed E-state index contributed by atoms with van der Waals surface area (Å²) in [5.41, 5.74) is 0. The van der Waals surface area contributed by atoms with Gasteiger partial charge in [0.05, 0.1) is 0 Å². The number of nitrogens with one attached hydrogen (secondary N) is 1. The van der Waals surface area contributed by atoms with Crippen LogP contribution in [0.4, 0.5) is 0 Å². The third-order valence-corrected chi connectivity index (χ3v) is 5.72. The fourth-order valence-corrected chi connectivity index (χ4v) is 4.41. The van der Waals surface area contributed by atoms with E-state index < -0.39 is 10.8 Å². The maximum absolute atomic E-state index is 12.2. The third-order valence-electron chi connectivity index (χ3n) is 3.76. The van der Waals surface area contributed by atoms with Gasteiger partial charge < -0.3 is 5.32 Å². The van der Waals surface area contributed by atoms with Crippen molar-refractivity contribution >= 4 is 10.8 Å². The van der Waals surface area contributed by atoms with Crippen LogP contribution in [-0.4, -0.2) is 27.8 Å². The van der Waals surface area contributed by atoms with E-state index in [1.165, 1.54) is 25.7 Å². The Labute approximate surface area is 103 Å². The molecule has 16 heavy (non-hydrogen) atoms. The second-order valence-electron chi connectivity index (χ2n) is 4.98. The molecule has 3 heteroatoms. The monoisotopic (exact) mass is 245 g/mol. The van der Waals surface area contributed by atoms with Crippen LogP contribution in [-0.2, 0) is 10.8 Å². The van der Waals surface area contributed by atoms with E-state index in [0.717, 1.165) is 24.6 Å². The maximum atomic E-state index is 12.2. The van der Waals surface area contributed by atoms with Crippen LogP contribution >= 0.6 is 0 Å². The largest absolute Gasteiger partial charge is 0.313 e. The molecule has 96 valence electrons. The van der Waals surface area contributed by atoms with Crippen LogP contribution in [0, 0.1) is 5.92 Å². The average Bonchev–Trinajstić information content (AvgIpc) is 2.77. The first-order valence-electron chi connectivity index (χ1n) is 6.79. The summed E-state index contributed by atoms with van der Waals surface area (Å²) >= 11 is 0. The molecule has 0 spiro atoms. The Hall–Kier alpha value is 0.110. The van der Waals surface area contributed by atoms with E-state index in [0.29, 0.717) is 11.3 Å². The van der Waals surface area contributed by atoms with E-state index in [1.807, 2.05) is 0 Å². The molecule has 0 radical (unpaired) electrons. The molecule has 2 nitrogen and oxygen atoms in total. The van der Waals surface area contributed by atoms with Crippen LogP contribution in [0.5, 0.6) is 0 Å². The van der Waals surface area contributed by atoms with E-state index in [9.17, 15) is 4.21 Å². The lowest BCUT2D eigenvalue weighted by atomic mass is 10.1.